The molecule has 1 spiro atoms. The Morgan fingerprint density at radius 2 is 2.21 bits per heavy atom. The van der Waals surface area contributed by atoms with Crippen molar-refractivity contribution in [2.24, 2.45) is 11.8 Å². The van der Waals surface area contributed by atoms with Gasteiger partial charge in [-0.3, -0.25) is 9.59 Å². The van der Waals surface area contributed by atoms with Gasteiger partial charge in [0.15, 0.2) is 0 Å². The fourth-order valence-electron chi connectivity index (χ4n) is 5.04. The Morgan fingerprint density at radius 3 is 3.04 bits per heavy atom. The lowest BCUT2D eigenvalue weighted by Gasteiger charge is -2.24. The summed E-state index contributed by atoms with van der Waals surface area (Å²) in [5.41, 5.74) is 1.67. The van der Waals surface area contributed by atoms with E-state index in [9.17, 15) is 9.59 Å². The van der Waals surface area contributed by atoms with Crippen molar-refractivity contribution in [3.05, 3.63) is 48.2 Å². The first-order valence-electron chi connectivity index (χ1n) is 10.00. The number of fused-ring (bicyclic) bond motifs is 2. The highest BCUT2D eigenvalue weighted by Gasteiger charge is 2.66. The van der Waals surface area contributed by atoms with Crippen LogP contribution in [0.5, 0.6) is 0 Å². The number of benzene rings is 1. The normalized spacial score (nSPS) is 30.6. The zero-order valence-corrected chi connectivity index (χ0v) is 16.1. The standard InChI is InChI=1S/C22H25N3O3/c1-13(2)24-20(26)18-17-7-9-22(28-17)12-25(21(27)19(18)22)10-8-14-11-23-16-6-4-3-5-15(14)16/h3-7,9,11,13,17-19,23H,8,10,12H2,1-2H3,(H,24,26)/t17-,18?,19?,22?/m0/s1. The van der Waals surface area contributed by atoms with E-state index < -0.39 is 17.4 Å². The summed E-state index contributed by atoms with van der Waals surface area (Å²) in [6.45, 7) is 5.01. The zero-order valence-electron chi connectivity index (χ0n) is 16.1. The predicted octanol–water partition coefficient (Wildman–Crippen LogP) is 2.02. The number of hydrogen-bond donors (Lipinski definition) is 2. The Kier molecular flexibility index (Phi) is 3.88. The molecule has 0 saturated carbocycles. The number of amides is 2. The molecule has 2 bridgehead atoms. The quantitative estimate of drug-likeness (QED) is 0.781. The Bertz CT molecular complexity index is 978. The summed E-state index contributed by atoms with van der Waals surface area (Å²) in [5, 5.41) is 4.15. The first kappa shape index (κ1) is 17.5. The molecule has 1 aromatic heterocycles. The number of aromatic amines is 1. The van der Waals surface area contributed by atoms with Crippen molar-refractivity contribution < 1.29 is 14.3 Å². The number of rotatable bonds is 5. The van der Waals surface area contributed by atoms with Crippen LogP contribution in [0, 0.1) is 11.8 Å². The van der Waals surface area contributed by atoms with Crippen molar-refractivity contribution in [1.82, 2.24) is 15.2 Å². The van der Waals surface area contributed by atoms with Crippen molar-refractivity contribution in [1.29, 1.82) is 0 Å². The van der Waals surface area contributed by atoms with Gasteiger partial charge in [-0.1, -0.05) is 30.4 Å². The van der Waals surface area contributed by atoms with Crippen molar-refractivity contribution in [3.8, 4) is 0 Å². The van der Waals surface area contributed by atoms with Gasteiger partial charge >= 0.3 is 0 Å². The third-order valence-electron chi connectivity index (χ3n) is 6.24. The number of hydrogen-bond acceptors (Lipinski definition) is 3. The highest BCUT2D eigenvalue weighted by Crippen LogP contribution is 2.51. The largest absolute Gasteiger partial charge is 0.361 e. The summed E-state index contributed by atoms with van der Waals surface area (Å²) < 4.78 is 6.17. The Balaban J connectivity index is 1.34. The van der Waals surface area contributed by atoms with E-state index in [4.69, 9.17) is 4.74 Å². The van der Waals surface area contributed by atoms with E-state index in [0.717, 1.165) is 11.9 Å². The molecule has 3 unspecified atom stereocenters. The summed E-state index contributed by atoms with van der Waals surface area (Å²) in [6, 6.07) is 8.23. The summed E-state index contributed by atoms with van der Waals surface area (Å²) in [6.07, 6.45) is 6.46. The summed E-state index contributed by atoms with van der Waals surface area (Å²) >= 11 is 0. The molecule has 1 aromatic carbocycles. The van der Waals surface area contributed by atoms with Crippen LogP contribution in [0.3, 0.4) is 0 Å². The predicted molar refractivity (Wildman–Crippen MR) is 106 cm³/mol. The van der Waals surface area contributed by atoms with E-state index in [0.29, 0.717) is 13.1 Å². The van der Waals surface area contributed by atoms with E-state index in [-0.39, 0.29) is 24.0 Å². The second-order valence-electron chi connectivity index (χ2n) is 8.43. The van der Waals surface area contributed by atoms with Crippen LogP contribution in [0.25, 0.3) is 10.9 Å². The van der Waals surface area contributed by atoms with E-state index >= 15 is 0 Å². The number of para-hydroxylation sites is 1. The van der Waals surface area contributed by atoms with Crippen molar-refractivity contribution in [2.45, 2.75) is 38.0 Å². The minimum atomic E-state index is -0.638. The van der Waals surface area contributed by atoms with Gasteiger partial charge in [0, 0.05) is 29.7 Å². The first-order valence-corrected chi connectivity index (χ1v) is 10.00. The summed E-state index contributed by atoms with van der Waals surface area (Å²) in [4.78, 5) is 31.1. The van der Waals surface area contributed by atoms with Gasteiger partial charge in [0.1, 0.15) is 5.60 Å². The van der Waals surface area contributed by atoms with Gasteiger partial charge in [0.2, 0.25) is 11.8 Å². The van der Waals surface area contributed by atoms with Gasteiger partial charge < -0.3 is 19.9 Å². The van der Waals surface area contributed by atoms with Crippen LogP contribution in [0.1, 0.15) is 19.4 Å². The van der Waals surface area contributed by atoms with E-state index in [1.807, 2.05) is 49.2 Å². The van der Waals surface area contributed by atoms with Gasteiger partial charge in [-0.05, 0) is 31.9 Å². The number of likely N-dealkylation sites (tertiary alicyclic amines) is 1. The van der Waals surface area contributed by atoms with Crippen molar-refractivity contribution >= 4 is 22.7 Å². The van der Waals surface area contributed by atoms with Gasteiger partial charge in [-0.15, -0.1) is 0 Å². The molecule has 2 aromatic rings. The van der Waals surface area contributed by atoms with E-state index in [2.05, 4.69) is 22.4 Å². The minimum Gasteiger partial charge on any atom is -0.361 e. The molecular weight excluding hydrogens is 354 g/mol. The number of nitrogens with zero attached hydrogens (tertiary/aromatic N) is 1. The van der Waals surface area contributed by atoms with Gasteiger partial charge in [0.25, 0.3) is 0 Å². The Labute approximate surface area is 163 Å². The molecule has 6 heteroatoms. The lowest BCUT2D eigenvalue weighted by atomic mass is 9.76. The molecule has 6 nitrogen and oxygen atoms in total. The number of H-pyrrole nitrogens is 1. The maximum absolute atomic E-state index is 13.2. The van der Waals surface area contributed by atoms with E-state index in [1.54, 1.807) is 0 Å². The zero-order chi connectivity index (χ0) is 19.5. The minimum absolute atomic E-state index is 0.0376. The molecule has 0 aliphatic carbocycles. The molecule has 2 saturated heterocycles. The second-order valence-corrected chi connectivity index (χ2v) is 8.43. The van der Waals surface area contributed by atoms with Crippen LogP contribution >= 0.6 is 0 Å². The van der Waals surface area contributed by atoms with Crippen LogP contribution in [0.2, 0.25) is 0 Å². The molecule has 28 heavy (non-hydrogen) atoms. The second kappa shape index (κ2) is 6.21. The van der Waals surface area contributed by atoms with Crippen LogP contribution in [0.4, 0.5) is 0 Å². The number of nitrogens with one attached hydrogen (secondary N) is 2. The average molecular weight is 379 g/mol. The van der Waals surface area contributed by atoms with Crippen molar-refractivity contribution in [2.75, 3.05) is 13.1 Å². The average Bonchev–Trinajstić information content (AvgIpc) is 3.39. The maximum Gasteiger partial charge on any atom is 0.230 e. The third kappa shape index (κ3) is 2.51. The molecule has 146 valence electrons. The third-order valence-corrected chi connectivity index (χ3v) is 6.24. The lowest BCUT2D eigenvalue weighted by molar-refractivity contribution is -0.137. The van der Waals surface area contributed by atoms with E-state index in [1.165, 1.54) is 10.9 Å². The van der Waals surface area contributed by atoms with Crippen LogP contribution in [-0.2, 0) is 20.7 Å². The van der Waals surface area contributed by atoms with Gasteiger partial charge in [-0.2, -0.15) is 0 Å². The number of aromatic nitrogens is 1. The summed E-state index contributed by atoms with van der Waals surface area (Å²) in [5.74, 6) is -0.888. The lowest BCUT2D eigenvalue weighted by Crippen LogP contribution is -2.45. The Morgan fingerprint density at radius 1 is 1.39 bits per heavy atom. The fourth-order valence-corrected chi connectivity index (χ4v) is 5.04. The monoisotopic (exact) mass is 379 g/mol. The molecule has 0 radical (unpaired) electrons. The SMILES string of the molecule is CC(C)NC(=O)C1C2C(=O)N(CCc3c[nH]c4ccccc34)CC23C=C[C@@H]1O3. The molecule has 3 aliphatic heterocycles. The molecule has 2 amide bonds. The molecule has 4 atom stereocenters. The highest BCUT2D eigenvalue weighted by molar-refractivity contribution is 5.93. The molecule has 2 N–H and O–H groups in total. The first-order chi connectivity index (χ1) is 13.5. The fraction of sp³-hybridized carbons (Fsp3) is 0.455. The number of carbonyl (C=O) groups is 2. The number of ether oxygens (including phenoxy) is 1. The highest BCUT2D eigenvalue weighted by atomic mass is 16.5. The van der Waals surface area contributed by atoms with Crippen LogP contribution in [0.15, 0.2) is 42.6 Å². The Hall–Kier alpha value is -2.60. The molecule has 4 heterocycles. The number of carbonyl (C=O) groups excluding carboxylic acids is 2. The molecule has 2 fully saturated rings. The van der Waals surface area contributed by atoms with Crippen molar-refractivity contribution in [3.63, 3.8) is 0 Å². The smallest absolute Gasteiger partial charge is 0.230 e. The molecule has 5 rings (SSSR count). The van der Waals surface area contributed by atoms with Gasteiger partial charge in [-0.25, -0.2) is 0 Å². The van der Waals surface area contributed by atoms with Crippen LogP contribution < -0.4 is 5.32 Å². The summed E-state index contributed by atoms with van der Waals surface area (Å²) in [7, 11) is 0. The van der Waals surface area contributed by atoms with Gasteiger partial charge in [0.05, 0.1) is 24.5 Å². The maximum atomic E-state index is 13.2. The molecule has 3 aliphatic rings. The topological polar surface area (TPSA) is 74.4 Å². The van der Waals surface area contributed by atoms with Crippen LogP contribution in [-0.4, -0.2) is 52.5 Å². The molecular formula is C22H25N3O3.